The van der Waals surface area contributed by atoms with Gasteiger partial charge in [0, 0.05) is 30.9 Å². The minimum atomic E-state index is -3.97. The van der Waals surface area contributed by atoms with Gasteiger partial charge in [0.2, 0.25) is 21.8 Å². The third-order valence-corrected chi connectivity index (χ3v) is 11.8. The molecular formula is C39H52FN5O10S. The van der Waals surface area contributed by atoms with Crippen molar-refractivity contribution in [1.29, 1.82) is 0 Å². The first-order valence-corrected chi connectivity index (χ1v) is 20.3. The molecule has 1 saturated heterocycles. The van der Waals surface area contributed by atoms with E-state index in [0.29, 0.717) is 24.0 Å². The summed E-state index contributed by atoms with van der Waals surface area (Å²) in [6.07, 6.45) is 2.01. The summed E-state index contributed by atoms with van der Waals surface area (Å²) >= 11 is 0. The van der Waals surface area contributed by atoms with E-state index in [2.05, 4.69) is 21.9 Å². The molecule has 2 saturated carbocycles. The number of fused-ring (bicyclic) bond motifs is 1. The zero-order valence-electron chi connectivity index (χ0n) is 32.7. The molecule has 3 N–H and O–H groups in total. The molecule has 0 aromatic heterocycles. The van der Waals surface area contributed by atoms with Crippen molar-refractivity contribution in [2.24, 2.45) is 11.3 Å². The number of sulfonamides is 1. The third kappa shape index (κ3) is 10.3. The number of hydrogen-bond acceptors (Lipinski definition) is 10. The highest BCUT2D eigenvalue weighted by Crippen LogP contribution is 2.45. The number of likely N-dealkylation sites (tertiary alicyclic amines) is 1. The molecule has 0 unspecified atom stereocenters. The molecule has 56 heavy (non-hydrogen) atoms. The van der Waals surface area contributed by atoms with Crippen LogP contribution in [0.15, 0.2) is 43.0 Å². The number of ketones is 1. The number of ether oxygens (including phenoxy) is 2. The van der Waals surface area contributed by atoms with Crippen molar-refractivity contribution in [2.75, 3.05) is 6.54 Å². The SMILES string of the molecule is C=C[C@@H]1C[C@]1(NC(=O)[C@@H]1C[C@@H](OC(=O)N2Cc3cccc(F)c3C2)CN1C(=O)[C@H](CCC(=O)C=CC(C)(C)C)NC(=O)OC(C)(C)C)C(=O)NS(=O)(=O)C1CC1. The van der Waals surface area contributed by atoms with Crippen LogP contribution in [-0.2, 0) is 51.8 Å². The second kappa shape index (κ2) is 16.0. The molecule has 17 heteroatoms. The lowest BCUT2D eigenvalue weighted by atomic mass is 9.95. The van der Waals surface area contributed by atoms with Crippen LogP contribution in [0.5, 0.6) is 0 Å². The zero-order valence-corrected chi connectivity index (χ0v) is 33.5. The monoisotopic (exact) mass is 801 g/mol. The van der Waals surface area contributed by atoms with E-state index >= 15 is 0 Å². The lowest BCUT2D eigenvalue weighted by Gasteiger charge is -2.30. The standard InChI is InChI=1S/C39H52FN5O10S/c1-8-24-19-39(24,34(49)43-56(52,53)27-13-14-27)42-32(47)31-18-26(54-36(51)44-20-23-10-9-11-29(40)28(23)22-44)21-45(31)33(48)30(41-35(50)55-38(5,6)7)15-12-25(46)16-17-37(2,3)4/h8-11,16-17,24,26-27,30-31H,1,12-15,18-22H2,2-7H3,(H,41,50)(H,42,47)(H,43,49)/t24-,26-,30+,31+,39-/m1/s1. The van der Waals surface area contributed by atoms with Crippen molar-refractivity contribution < 1.29 is 51.0 Å². The van der Waals surface area contributed by atoms with Crippen molar-refractivity contribution >= 4 is 45.7 Å². The summed E-state index contributed by atoms with van der Waals surface area (Å²) in [4.78, 5) is 83.8. The van der Waals surface area contributed by atoms with Crippen LogP contribution in [0.4, 0.5) is 14.0 Å². The van der Waals surface area contributed by atoms with E-state index in [4.69, 9.17) is 9.47 Å². The van der Waals surface area contributed by atoms with Crippen molar-refractivity contribution in [1.82, 2.24) is 25.2 Å². The van der Waals surface area contributed by atoms with Crippen molar-refractivity contribution in [3.8, 4) is 0 Å². The highest BCUT2D eigenvalue weighted by molar-refractivity contribution is 7.91. The highest BCUT2D eigenvalue weighted by atomic mass is 32.2. The Morgan fingerprint density at radius 3 is 2.36 bits per heavy atom. The largest absolute Gasteiger partial charge is 0.444 e. The molecule has 1 aromatic rings. The van der Waals surface area contributed by atoms with Crippen LogP contribution in [-0.4, -0.2) is 95.0 Å². The summed E-state index contributed by atoms with van der Waals surface area (Å²) in [5.74, 6) is -3.96. The Kier molecular flexibility index (Phi) is 12.1. The second-order valence-electron chi connectivity index (χ2n) is 17.1. The fraction of sp³-hybridized carbons (Fsp3) is 0.590. The van der Waals surface area contributed by atoms with E-state index < -0.39 is 86.2 Å². The molecule has 5 amide bonds. The maximum Gasteiger partial charge on any atom is 0.410 e. The number of amides is 5. The molecule has 1 aromatic carbocycles. The minimum Gasteiger partial charge on any atom is -0.444 e. The first kappa shape index (κ1) is 42.3. The fourth-order valence-electron chi connectivity index (χ4n) is 6.74. The van der Waals surface area contributed by atoms with Crippen LogP contribution in [0.2, 0.25) is 0 Å². The number of alkyl carbamates (subject to hydrolysis) is 1. The lowest BCUT2D eigenvalue weighted by Crippen LogP contribution is -2.58. The van der Waals surface area contributed by atoms with Crippen LogP contribution in [0.3, 0.4) is 0 Å². The van der Waals surface area contributed by atoms with Crippen molar-refractivity contribution in [3.63, 3.8) is 0 Å². The van der Waals surface area contributed by atoms with Crippen molar-refractivity contribution in [3.05, 3.63) is 60.0 Å². The van der Waals surface area contributed by atoms with E-state index in [1.807, 2.05) is 20.8 Å². The third-order valence-electron chi connectivity index (χ3n) is 9.99. The number of carbonyl (C=O) groups is 6. The van der Waals surface area contributed by atoms with Crippen LogP contribution >= 0.6 is 0 Å². The number of nitrogens with zero attached hydrogens (tertiary/aromatic N) is 2. The Labute approximate surface area is 326 Å². The van der Waals surface area contributed by atoms with Gasteiger partial charge in [-0.1, -0.05) is 45.1 Å². The van der Waals surface area contributed by atoms with Crippen molar-refractivity contribution in [2.45, 2.75) is 128 Å². The summed E-state index contributed by atoms with van der Waals surface area (Å²) in [7, 11) is -3.97. The quantitative estimate of drug-likeness (QED) is 0.195. The van der Waals surface area contributed by atoms with Gasteiger partial charge in [-0.15, -0.1) is 6.58 Å². The summed E-state index contributed by atoms with van der Waals surface area (Å²) in [6.45, 7) is 14.1. The summed E-state index contributed by atoms with van der Waals surface area (Å²) in [5, 5.41) is 4.50. The van der Waals surface area contributed by atoms with Gasteiger partial charge < -0.3 is 25.0 Å². The number of allylic oxidation sites excluding steroid dienone is 2. The highest BCUT2D eigenvalue weighted by Gasteiger charge is 2.62. The maximum atomic E-state index is 14.5. The molecule has 0 radical (unpaired) electrons. The lowest BCUT2D eigenvalue weighted by molar-refractivity contribution is -0.141. The molecule has 5 atom stereocenters. The van der Waals surface area contributed by atoms with E-state index in [1.165, 1.54) is 29.2 Å². The van der Waals surface area contributed by atoms with Crippen LogP contribution in [0.25, 0.3) is 0 Å². The van der Waals surface area contributed by atoms with Gasteiger partial charge >= 0.3 is 12.2 Å². The average Bonchev–Trinajstić information content (AvgIpc) is 3.98. The molecule has 5 rings (SSSR count). The fourth-order valence-corrected chi connectivity index (χ4v) is 8.11. The van der Waals surface area contributed by atoms with Gasteiger partial charge in [-0.05, 0) is 69.6 Å². The number of rotatable bonds is 13. The van der Waals surface area contributed by atoms with E-state index in [-0.39, 0.29) is 56.5 Å². The molecule has 4 aliphatic rings. The summed E-state index contributed by atoms with van der Waals surface area (Å²) in [6, 6.07) is 1.77. The molecule has 2 aliphatic heterocycles. The number of carbonyl (C=O) groups excluding carboxylic acids is 6. The van der Waals surface area contributed by atoms with Gasteiger partial charge in [0.15, 0.2) is 5.78 Å². The molecule has 0 bridgehead atoms. The second-order valence-corrected chi connectivity index (χ2v) is 19.0. The molecule has 0 spiro atoms. The smallest absolute Gasteiger partial charge is 0.410 e. The number of nitrogens with one attached hydrogen (secondary N) is 3. The minimum absolute atomic E-state index is 0.0481. The molecule has 2 heterocycles. The predicted molar refractivity (Wildman–Crippen MR) is 201 cm³/mol. The topological polar surface area (TPSA) is 198 Å². The Bertz CT molecular complexity index is 1920. The van der Waals surface area contributed by atoms with Crippen LogP contribution in [0.1, 0.15) is 91.2 Å². The molecular weight excluding hydrogens is 750 g/mol. The average molecular weight is 802 g/mol. The van der Waals surface area contributed by atoms with E-state index in [1.54, 1.807) is 32.9 Å². The molecule has 2 aliphatic carbocycles. The zero-order chi connectivity index (χ0) is 41.4. The maximum absolute atomic E-state index is 14.5. The van der Waals surface area contributed by atoms with Gasteiger partial charge in [-0.3, -0.25) is 28.8 Å². The van der Waals surface area contributed by atoms with E-state index in [9.17, 15) is 41.6 Å². The first-order chi connectivity index (χ1) is 26.0. The molecule has 306 valence electrons. The first-order valence-electron chi connectivity index (χ1n) is 18.8. The van der Waals surface area contributed by atoms with Gasteiger partial charge in [0.1, 0.15) is 35.1 Å². The molecule has 3 fully saturated rings. The Balaban J connectivity index is 1.39. The predicted octanol–water partition coefficient (Wildman–Crippen LogP) is 3.76. The van der Waals surface area contributed by atoms with E-state index in [0.717, 1.165) is 4.90 Å². The summed E-state index contributed by atoms with van der Waals surface area (Å²) in [5.41, 5.74) is -1.95. The normalized spacial score (nSPS) is 23.9. The van der Waals surface area contributed by atoms with Gasteiger partial charge in [-0.25, -0.2) is 22.4 Å². The van der Waals surface area contributed by atoms with Crippen LogP contribution < -0.4 is 15.4 Å². The Morgan fingerprint density at radius 1 is 1.07 bits per heavy atom. The molecule has 15 nitrogen and oxygen atoms in total. The number of benzene rings is 1. The summed E-state index contributed by atoms with van der Waals surface area (Å²) < 4.78 is 53.1. The van der Waals surface area contributed by atoms with Crippen LogP contribution in [0, 0.1) is 17.2 Å². The number of halogens is 1. The van der Waals surface area contributed by atoms with Gasteiger partial charge in [0.05, 0.1) is 18.3 Å². The van der Waals surface area contributed by atoms with Gasteiger partial charge in [-0.2, -0.15) is 0 Å². The Morgan fingerprint density at radius 2 is 1.77 bits per heavy atom. The van der Waals surface area contributed by atoms with Gasteiger partial charge in [0.25, 0.3) is 5.91 Å². The Hall–Kier alpha value is -4.80. The number of hydrogen-bond donors (Lipinski definition) is 3.